The first kappa shape index (κ1) is 26.6. The molecule has 0 saturated carbocycles. The number of aromatic carboxylic acids is 1. The van der Waals surface area contributed by atoms with Crippen LogP contribution < -0.4 is 0 Å². The number of azo groups is 1. The van der Waals surface area contributed by atoms with Crippen LogP contribution >= 0.6 is 24.1 Å². The Morgan fingerprint density at radius 3 is 2.23 bits per heavy atom. The predicted octanol–water partition coefficient (Wildman–Crippen LogP) is 4.47. The van der Waals surface area contributed by atoms with Crippen LogP contribution in [0, 0.1) is 0 Å². The average molecular weight is 548 g/mol. The zero-order chi connectivity index (χ0) is 25.8. The van der Waals surface area contributed by atoms with Gasteiger partial charge in [0.2, 0.25) is 0 Å². The number of carbonyl (C=O) groups is 1. The van der Waals surface area contributed by atoms with Crippen molar-refractivity contribution < 1.29 is 62.3 Å². The number of aromatic hydroxyl groups is 2. The number of phenols is 2. The van der Waals surface area contributed by atoms with Crippen molar-refractivity contribution in [1.29, 1.82) is 0 Å². The lowest BCUT2D eigenvalue weighted by molar-refractivity contribution is -0.432. The molecule has 0 bridgehead atoms. The maximum atomic E-state index is 11.5. The Morgan fingerprint density at radius 2 is 1.60 bits per heavy atom. The molecule has 0 fully saturated rings. The molecular weight excluding hydrogens is 536 g/mol. The van der Waals surface area contributed by atoms with Crippen LogP contribution in [0.5, 0.6) is 11.5 Å². The van der Waals surface area contributed by atoms with Crippen molar-refractivity contribution >= 4 is 62.3 Å². The maximum absolute atomic E-state index is 11.5. The maximum Gasteiger partial charge on any atom is 0.339 e. The Hall–Kier alpha value is -3.04. The van der Waals surface area contributed by atoms with Gasteiger partial charge in [-0.25, -0.2) is 15.3 Å². The molecule has 18 heteroatoms. The van der Waals surface area contributed by atoms with Crippen LogP contribution in [0.3, 0.4) is 0 Å². The molecule has 0 aliphatic rings. The van der Waals surface area contributed by atoms with Gasteiger partial charge >= 0.3 is 5.97 Å². The molecule has 0 radical (unpaired) electrons. The number of rotatable bonds is 10. The highest BCUT2D eigenvalue weighted by Gasteiger charge is 2.22. The van der Waals surface area contributed by atoms with Gasteiger partial charge in [0.1, 0.15) is 16.9 Å². The standard InChI is InChI=1S/C17H12N2O13S3/c20-15-11(17(22)23)5-9(35(26,27)28)6-12(15)18-19-14-10-2-1-8(33-31-29-24)3-7(10)4-13(16(14)21)34-32-30-25/h1-6,20-21,24-25H,(H,22,23)(H,26,27,28). The first-order chi connectivity index (χ1) is 16.6. The van der Waals surface area contributed by atoms with Crippen LogP contribution in [0.15, 0.2) is 61.3 Å². The molecule has 6 N–H and O–H groups in total. The molecule has 0 atom stereocenters. The number of phenolic OH excluding ortho intramolecular Hbond substituents is 1. The molecule has 0 aliphatic heterocycles. The van der Waals surface area contributed by atoms with E-state index in [1.807, 2.05) is 0 Å². The number of nitrogens with zero attached hydrogens (tertiary/aromatic N) is 2. The first-order valence-electron chi connectivity index (χ1n) is 8.65. The van der Waals surface area contributed by atoms with E-state index in [4.69, 9.17) is 10.5 Å². The Morgan fingerprint density at radius 1 is 0.914 bits per heavy atom. The van der Waals surface area contributed by atoms with Crippen LogP contribution in [-0.2, 0) is 28.9 Å². The van der Waals surface area contributed by atoms with E-state index >= 15 is 0 Å². The van der Waals surface area contributed by atoms with Crippen LogP contribution in [0.2, 0.25) is 0 Å². The normalized spacial score (nSPS) is 12.0. The summed E-state index contributed by atoms with van der Waals surface area (Å²) in [6.45, 7) is 0. The van der Waals surface area contributed by atoms with Crippen molar-refractivity contribution in [3.63, 3.8) is 0 Å². The molecule has 0 unspecified atom stereocenters. The Labute approximate surface area is 203 Å². The van der Waals surface area contributed by atoms with E-state index in [2.05, 4.69) is 29.0 Å². The molecule has 0 heterocycles. The fourth-order valence-electron chi connectivity index (χ4n) is 2.74. The molecule has 186 valence electrons. The van der Waals surface area contributed by atoms with Gasteiger partial charge in [0, 0.05) is 10.3 Å². The van der Waals surface area contributed by atoms with Crippen LogP contribution in [0.1, 0.15) is 10.4 Å². The van der Waals surface area contributed by atoms with Crippen molar-refractivity contribution in [3.8, 4) is 11.5 Å². The third-order valence-corrected chi connectivity index (χ3v) is 6.21. The topological polar surface area (TPSA) is 234 Å². The fourth-order valence-corrected chi connectivity index (χ4v) is 4.13. The second kappa shape index (κ2) is 11.1. The van der Waals surface area contributed by atoms with Gasteiger partial charge in [0.05, 0.1) is 33.9 Å². The molecule has 0 spiro atoms. The Bertz CT molecular complexity index is 1410. The summed E-state index contributed by atoms with van der Waals surface area (Å²) in [7, 11) is -4.88. The summed E-state index contributed by atoms with van der Waals surface area (Å²) < 4.78 is 41.0. The number of benzene rings is 3. The minimum absolute atomic E-state index is 0.0517. The number of fused-ring (bicyclic) bond motifs is 1. The Balaban J connectivity index is 2.20. The third kappa shape index (κ3) is 6.15. The smallest absolute Gasteiger partial charge is 0.339 e. The summed E-state index contributed by atoms with van der Waals surface area (Å²) in [6.07, 6.45) is 0. The minimum atomic E-state index is -4.88. The number of carboxylic acid groups (broad SMARTS) is 1. The minimum Gasteiger partial charge on any atom is -0.505 e. The lowest BCUT2D eigenvalue weighted by atomic mass is 10.1. The monoisotopic (exact) mass is 548 g/mol. The second-order valence-corrected chi connectivity index (χ2v) is 9.16. The summed E-state index contributed by atoms with van der Waals surface area (Å²) in [6, 6.07) is 7.00. The lowest BCUT2D eigenvalue weighted by Crippen LogP contribution is -2.03. The van der Waals surface area contributed by atoms with E-state index in [1.165, 1.54) is 24.3 Å². The van der Waals surface area contributed by atoms with E-state index in [0.29, 0.717) is 46.5 Å². The zero-order valence-corrected chi connectivity index (χ0v) is 19.1. The fraction of sp³-hybridized carbons (Fsp3) is 0. The van der Waals surface area contributed by atoms with E-state index in [0.717, 1.165) is 0 Å². The molecule has 3 aromatic carbocycles. The third-order valence-electron chi connectivity index (χ3n) is 4.19. The molecule has 0 aliphatic carbocycles. The molecule has 35 heavy (non-hydrogen) atoms. The van der Waals surface area contributed by atoms with Crippen molar-refractivity contribution in [1.82, 2.24) is 0 Å². The quantitative estimate of drug-likeness (QED) is 0.0674. The predicted molar refractivity (Wildman–Crippen MR) is 116 cm³/mol. The van der Waals surface area contributed by atoms with Gasteiger partial charge in [-0.1, -0.05) is 16.1 Å². The summed E-state index contributed by atoms with van der Waals surface area (Å²) in [5, 5.41) is 61.9. The summed E-state index contributed by atoms with van der Waals surface area (Å²) in [5.41, 5.74) is -1.79. The zero-order valence-electron chi connectivity index (χ0n) is 16.6. The van der Waals surface area contributed by atoms with Gasteiger partial charge in [-0.3, -0.25) is 4.55 Å². The lowest BCUT2D eigenvalue weighted by Gasteiger charge is -2.10. The van der Waals surface area contributed by atoms with Crippen LogP contribution in [-0.4, -0.2) is 44.8 Å². The van der Waals surface area contributed by atoms with Crippen LogP contribution in [0.25, 0.3) is 10.8 Å². The van der Waals surface area contributed by atoms with Gasteiger partial charge in [-0.2, -0.15) is 8.42 Å². The highest BCUT2D eigenvalue weighted by Crippen LogP contribution is 2.45. The van der Waals surface area contributed by atoms with E-state index in [-0.39, 0.29) is 16.0 Å². The molecule has 0 saturated heterocycles. The van der Waals surface area contributed by atoms with Gasteiger partial charge in [0.25, 0.3) is 10.1 Å². The molecule has 0 aromatic heterocycles. The molecule has 3 rings (SSSR count). The van der Waals surface area contributed by atoms with Crippen molar-refractivity contribution in [2.24, 2.45) is 10.2 Å². The molecule has 15 nitrogen and oxygen atoms in total. The van der Waals surface area contributed by atoms with Crippen molar-refractivity contribution in [3.05, 3.63) is 42.0 Å². The summed E-state index contributed by atoms with van der Waals surface area (Å²) in [5.74, 6) is -3.22. The van der Waals surface area contributed by atoms with Crippen molar-refractivity contribution in [2.45, 2.75) is 14.7 Å². The highest BCUT2D eigenvalue weighted by atomic mass is 32.2. The van der Waals surface area contributed by atoms with E-state index < -0.39 is 43.7 Å². The van der Waals surface area contributed by atoms with E-state index in [1.54, 1.807) is 0 Å². The molecular formula is C17H12N2O13S3. The highest BCUT2D eigenvalue weighted by molar-refractivity contribution is 7.94. The van der Waals surface area contributed by atoms with Crippen LogP contribution in [0.4, 0.5) is 11.4 Å². The van der Waals surface area contributed by atoms with Gasteiger partial charge < -0.3 is 15.3 Å². The Kier molecular flexibility index (Phi) is 8.45. The molecule has 0 amide bonds. The average Bonchev–Trinajstić information content (AvgIpc) is 2.80. The number of hydrogen-bond donors (Lipinski definition) is 6. The number of carboxylic acids is 1. The summed E-state index contributed by atoms with van der Waals surface area (Å²) in [4.78, 5) is 10.9. The largest absolute Gasteiger partial charge is 0.505 e. The SMILES string of the molecule is O=C(O)c1cc(S(=O)(=O)O)cc(N=Nc2c(O)c(SOOO)cc3cc(SOOO)ccc23)c1O. The summed E-state index contributed by atoms with van der Waals surface area (Å²) >= 11 is 0.999. The van der Waals surface area contributed by atoms with Gasteiger partial charge in [0.15, 0.2) is 11.5 Å². The first-order valence-corrected chi connectivity index (χ1v) is 11.6. The van der Waals surface area contributed by atoms with Gasteiger partial charge in [-0.15, -0.1) is 18.9 Å². The number of hydrogen-bond acceptors (Lipinski definition) is 15. The van der Waals surface area contributed by atoms with E-state index in [9.17, 15) is 33.1 Å². The van der Waals surface area contributed by atoms with Gasteiger partial charge in [-0.05, 0) is 35.7 Å². The van der Waals surface area contributed by atoms with Crippen molar-refractivity contribution in [2.75, 3.05) is 0 Å². The molecule has 3 aromatic rings. The second-order valence-electron chi connectivity index (χ2n) is 6.23.